The lowest BCUT2D eigenvalue weighted by molar-refractivity contribution is 0.854. The molecule has 0 aliphatic rings. The first-order valence-corrected chi connectivity index (χ1v) is 15.8. The second-order valence-corrected chi connectivity index (χ2v) is 12.6. The van der Waals surface area contributed by atoms with Crippen LogP contribution in [0.3, 0.4) is 0 Å². The van der Waals surface area contributed by atoms with Gasteiger partial charge in [-0.25, -0.2) is 0 Å². The van der Waals surface area contributed by atoms with Crippen molar-refractivity contribution in [2.24, 2.45) is 0 Å². The minimum Gasteiger partial charge on any atom is -0.309 e. The van der Waals surface area contributed by atoms with Gasteiger partial charge in [0.25, 0.3) is 0 Å². The highest BCUT2D eigenvalue weighted by molar-refractivity contribution is 6.10. The second-order valence-electron chi connectivity index (χ2n) is 12.6. The Morgan fingerprint density at radius 1 is 0.364 bits per heavy atom. The normalized spacial score (nSPS) is 12.0. The van der Waals surface area contributed by atoms with E-state index in [4.69, 9.17) is 0 Å². The van der Waals surface area contributed by atoms with Gasteiger partial charge in [0.2, 0.25) is 0 Å². The molecule has 0 atom stereocenters. The van der Waals surface area contributed by atoms with Gasteiger partial charge in [0.15, 0.2) is 0 Å². The third-order valence-electron chi connectivity index (χ3n) is 9.28. The monoisotopic (exact) mass is 568 g/mol. The Bertz CT molecular complexity index is 2070. The molecule has 0 N–H and O–H groups in total. The molecule has 0 fully saturated rings. The highest BCUT2D eigenvalue weighted by Crippen LogP contribution is 2.40. The van der Waals surface area contributed by atoms with Gasteiger partial charge in [0.1, 0.15) is 0 Å². The minimum atomic E-state index is 0.370. The molecule has 2 nitrogen and oxygen atoms in total. The van der Waals surface area contributed by atoms with Crippen molar-refractivity contribution in [1.82, 2.24) is 9.13 Å². The van der Waals surface area contributed by atoms with Gasteiger partial charge in [-0.15, -0.1) is 0 Å². The third-order valence-corrected chi connectivity index (χ3v) is 9.28. The predicted molar refractivity (Wildman–Crippen MR) is 189 cm³/mol. The van der Waals surface area contributed by atoms with Crippen LogP contribution in [0.15, 0.2) is 133 Å². The highest BCUT2D eigenvalue weighted by atomic mass is 15.0. The van der Waals surface area contributed by atoms with Crippen molar-refractivity contribution in [3.05, 3.63) is 145 Å². The number of aromatic nitrogens is 2. The molecule has 0 saturated carbocycles. The van der Waals surface area contributed by atoms with Crippen molar-refractivity contribution in [2.45, 2.75) is 39.5 Å². The summed E-state index contributed by atoms with van der Waals surface area (Å²) in [6, 6.07) is 49.2. The summed E-state index contributed by atoms with van der Waals surface area (Å²) in [6.07, 6.45) is 0. The fraction of sp³-hybridized carbons (Fsp3) is 0.143. The molecule has 8 rings (SSSR count). The van der Waals surface area contributed by atoms with Gasteiger partial charge in [-0.3, -0.25) is 0 Å². The molecule has 2 aromatic heterocycles. The average molecular weight is 569 g/mol. The van der Waals surface area contributed by atoms with E-state index < -0.39 is 0 Å². The molecule has 0 saturated heterocycles. The van der Waals surface area contributed by atoms with E-state index in [9.17, 15) is 0 Å². The molecular weight excluding hydrogens is 532 g/mol. The Morgan fingerprint density at radius 3 is 0.955 bits per heavy atom. The van der Waals surface area contributed by atoms with Crippen LogP contribution in [0.1, 0.15) is 50.7 Å². The molecule has 8 aromatic rings. The molecule has 2 heteroatoms. The van der Waals surface area contributed by atoms with Crippen LogP contribution in [0, 0.1) is 0 Å². The molecule has 0 aliphatic carbocycles. The topological polar surface area (TPSA) is 9.86 Å². The van der Waals surface area contributed by atoms with Gasteiger partial charge in [-0.1, -0.05) is 113 Å². The molecule has 44 heavy (non-hydrogen) atoms. The van der Waals surface area contributed by atoms with Crippen LogP contribution in [0.4, 0.5) is 0 Å². The summed E-state index contributed by atoms with van der Waals surface area (Å²) in [6.45, 7) is 9.26. The maximum atomic E-state index is 2.43. The Hall–Kier alpha value is -5.08. The summed E-state index contributed by atoms with van der Waals surface area (Å²) < 4.78 is 4.85. The summed E-state index contributed by atoms with van der Waals surface area (Å²) in [4.78, 5) is 0. The summed E-state index contributed by atoms with van der Waals surface area (Å²) in [5.74, 6) is 0.741. The predicted octanol–water partition coefficient (Wildman–Crippen LogP) is 11.8. The van der Waals surface area contributed by atoms with Gasteiger partial charge in [0, 0.05) is 32.9 Å². The Labute approximate surface area is 258 Å². The van der Waals surface area contributed by atoms with Crippen molar-refractivity contribution in [3.8, 4) is 22.5 Å². The molecule has 0 aliphatic heterocycles. The van der Waals surface area contributed by atoms with Crippen molar-refractivity contribution >= 4 is 43.6 Å². The minimum absolute atomic E-state index is 0.370. The van der Waals surface area contributed by atoms with Crippen LogP contribution in [0.5, 0.6) is 0 Å². The summed E-state index contributed by atoms with van der Waals surface area (Å²) >= 11 is 0. The van der Waals surface area contributed by atoms with Crippen LogP contribution in [-0.2, 0) is 0 Å². The largest absolute Gasteiger partial charge is 0.309 e. The van der Waals surface area contributed by atoms with Crippen molar-refractivity contribution in [3.63, 3.8) is 0 Å². The lowest BCUT2D eigenvalue weighted by atomic mass is 9.86. The number of para-hydroxylation sites is 4. The van der Waals surface area contributed by atoms with Gasteiger partial charge in [-0.05, 0) is 82.6 Å². The zero-order valence-corrected chi connectivity index (χ0v) is 25.8. The lowest BCUT2D eigenvalue weighted by Crippen LogP contribution is -2.02. The van der Waals surface area contributed by atoms with Gasteiger partial charge in [-0.2, -0.15) is 0 Å². The average Bonchev–Trinajstić information content (AvgIpc) is 3.57. The first-order chi connectivity index (χ1) is 21.5. The Morgan fingerprint density at radius 2 is 0.659 bits per heavy atom. The SMILES string of the molecule is CC(C)c1cc(-n2c3ccccc3c3ccccc32)ccc1-c1ccc(-n2c3ccccc3c3ccccc32)cc1C(C)C. The third kappa shape index (κ3) is 4.02. The van der Waals surface area contributed by atoms with Gasteiger partial charge < -0.3 is 9.13 Å². The smallest absolute Gasteiger partial charge is 0.0541 e. The molecule has 0 bridgehead atoms. The van der Waals surface area contributed by atoms with Gasteiger partial charge in [0.05, 0.1) is 22.1 Å². The Kier molecular flexibility index (Phi) is 6.20. The van der Waals surface area contributed by atoms with E-state index in [0.29, 0.717) is 11.8 Å². The van der Waals surface area contributed by atoms with E-state index in [0.717, 1.165) is 0 Å². The maximum Gasteiger partial charge on any atom is 0.0541 e. The molecule has 0 radical (unpaired) electrons. The van der Waals surface area contributed by atoms with Crippen molar-refractivity contribution < 1.29 is 0 Å². The zero-order valence-electron chi connectivity index (χ0n) is 25.8. The van der Waals surface area contributed by atoms with E-state index >= 15 is 0 Å². The van der Waals surface area contributed by atoms with E-state index in [1.807, 2.05) is 0 Å². The van der Waals surface area contributed by atoms with E-state index in [1.165, 1.54) is 77.2 Å². The van der Waals surface area contributed by atoms with Crippen LogP contribution < -0.4 is 0 Å². The van der Waals surface area contributed by atoms with Crippen molar-refractivity contribution in [2.75, 3.05) is 0 Å². The molecule has 0 spiro atoms. The van der Waals surface area contributed by atoms with Crippen LogP contribution in [0.25, 0.3) is 66.1 Å². The fourth-order valence-corrected chi connectivity index (χ4v) is 7.23. The number of hydrogen-bond donors (Lipinski definition) is 0. The van der Waals surface area contributed by atoms with E-state index in [1.54, 1.807) is 0 Å². The first kappa shape index (κ1) is 26.5. The zero-order chi connectivity index (χ0) is 29.9. The fourth-order valence-electron chi connectivity index (χ4n) is 7.23. The second kappa shape index (κ2) is 10.3. The Balaban J connectivity index is 1.32. The number of fused-ring (bicyclic) bond motifs is 6. The van der Waals surface area contributed by atoms with E-state index in [-0.39, 0.29) is 0 Å². The number of hydrogen-bond acceptors (Lipinski definition) is 0. The quantitative estimate of drug-likeness (QED) is 0.195. The van der Waals surface area contributed by atoms with Gasteiger partial charge >= 0.3 is 0 Å². The standard InChI is InChI=1S/C42H36N2/c1-27(2)37-25-29(43-39-17-9-5-13-33(39)34-14-6-10-18-40(34)43)21-23-31(37)32-24-22-30(26-38(32)28(3)4)44-41-19-11-7-15-35(41)36-16-8-12-20-42(36)44/h5-28H,1-4H3. The van der Waals surface area contributed by atoms with Crippen molar-refractivity contribution in [1.29, 1.82) is 0 Å². The van der Waals surface area contributed by atoms with E-state index in [2.05, 4.69) is 170 Å². The molecule has 214 valence electrons. The molecule has 2 heterocycles. The summed E-state index contributed by atoms with van der Waals surface area (Å²) in [5.41, 5.74) is 12.8. The lowest BCUT2D eigenvalue weighted by Gasteiger charge is -2.21. The number of rotatable bonds is 5. The molecule has 0 amide bonds. The molecule has 0 unspecified atom stereocenters. The van der Waals surface area contributed by atoms with Crippen LogP contribution in [-0.4, -0.2) is 9.13 Å². The highest BCUT2D eigenvalue weighted by Gasteiger charge is 2.19. The number of benzene rings is 6. The first-order valence-electron chi connectivity index (χ1n) is 15.8. The molecule has 6 aromatic carbocycles. The maximum absolute atomic E-state index is 2.43. The summed E-state index contributed by atoms with van der Waals surface area (Å²) in [5, 5.41) is 5.17. The summed E-state index contributed by atoms with van der Waals surface area (Å²) in [7, 11) is 0. The molecular formula is C42H36N2. The van der Waals surface area contributed by atoms with Crippen LogP contribution in [0.2, 0.25) is 0 Å². The van der Waals surface area contributed by atoms with Crippen LogP contribution >= 0.6 is 0 Å². The number of nitrogens with zero attached hydrogens (tertiary/aromatic N) is 2.